The summed E-state index contributed by atoms with van der Waals surface area (Å²) in [6, 6.07) is 10.2. The number of anilines is 2. The number of nitrogens with one attached hydrogen (secondary N) is 2. The maximum absolute atomic E-state index is 13.5. The van der Waals surface area contributed by atoms with Gasteiger partial charge in [-0.1, -0.05) is 19.1 Å². The van der Waals surface area contributed by atoms with E-state index in [1.165, 1.54) is 6.07 Å². The van der Waals surface area contributed by atoms with E-state index >= 15 is 0 Å². The number of carbonyl (C=O) groups is 1. The summed E-state index contributed by atoms with van der Waals surface area (Å²) in [4.78, 5) is 12.1. The molecule has 0 radical (unpaired) electrons. The van der Waals surface area contributed by atoms with Crippen LogP contribution in [0.3, 0.4) is 0 Å². The van der Waals surface area contributed by atoms with Gasteiger partial charge in [0.1, 0.15) is 17.7 Å². The van der Waals surface area contributed by atoms with Gasteiger partial charge in [-0.3, -0.25) is 4.79 Å². The van der Waals surface area contributed by atoms with E-state index < -0.39 is 23.6 Å². The Balaban J connectivity index is 2.02. The van der Waals surface area contributed by atoms with Crippen LogP contribution in [0.25, 0.3) is 0 Å². The molecule has 2 rings (SSSR count). The molecule has 0 fully saturated rings. The average Bonchev–Trinajstić information content (AvgIpc) is 2.50. The fourth-order valence-electron chi connectivity index (χ4n) is 2.03. The molecule has 0 aliphatic rings. The zero-order valence-corrected chi connectivity index (χ0v) is 12.5. The molecule has 0 spiro atoms. The van der Waals surface area contributed by atoms with Crippen LogP contribution in [0, 0.1) is 11.6 Å². The first-order valence-corrected chi connectivity index (χ1v) is 7.11. The first-order valence-electron chi connectivity index (χ1n) is 7.11. The quantitative estimate of drug-likeness (QED) is 0.877. The lowest BCUT2D eigenvalue weighted by molar-refractivity contribution is -0.116. The molecule has 2 aromatic rings. The van der Waals surface area contributed by atoms with Crippen molar-refractivity contribution in [3.63, 3.8) is 0 Å². The Morgan fingerprint density at radius 1 is 1.18 bits per heavy atom. The van der Waals surface area contributed by atoms with Gasteiger partial charge in [0.25, 0.3) is 0 Å². The number of carbonyl (C=O) groups excluding carboxylic acids is 1. The van der Waals surface area contributed by atoms with Crippen LogP contribution in [0.5, 0.6) is 0 Å². The topological polar surface area (TPSA) is 41.1 Å². The Kier molecular flexibility index (Phi) is 5.09. The Morgan fingerprint density at radius 2 is 1.95 bits per heavy atom. The Labute approximate surface area is 128 Å². The molecule has 0 aromatic heterocycles. The standard InChI is InChI=1S/C17H18F2N2O/c1-3-12-5-4-6-14(9-12)20-11(2)17(22)21-16-8-7-13(18)10-15(16)19/h4-11,20H,3H2,1-2H3,(H,21,22)/t11-/m0/s1. The van der Waals surface area contributed by atoms with E-state index in [0.29, 0.717) is 0 Å². The molecule has 1 amide bonds. The molecule has 5 heteroatoms. The molecule has 0 heterocycles. The molecule has 2 N–H and O–H groups in total. The number of benzene rings is 2. The van der Waals surface area contributed by atoms with Crippen LogP contribution in [0.15, 0.2) is 42.5 Å². The van der Waals surface area contributed by atoms with E-state index in [-0.39, 0.29) is 5.69 Å². The van der Waals surface area contributed by atoms with E-state index in [1.807, 2.05) is 31.2 Å². The first kappa shape index (κ1) is 15.9. The number of hydrogen-bond donors (Lipinski definition) is 2. The maximum atomic E-state index is 13.5. The van der Waals surface area contributed by atoms with Crippen molar-refractivity contribution in [2.45, 2.75) is 26.3 Å². The third-order valence-corrected chi connectivity index (χ3v) is 3.30. The Bertz CT molecular complexity index is 673. The van der Waals surface area contributed by atoms with Crippen molar-refractivity contribution in [3.8, 4) is 0 Å². The third-order valence-electron chi connectivity index (χ3n) is 3.30. The largest absolute Gasteiger partial charge is 0.374 e. The zero-order chi connectivity index (χ0) is 16.1. The van der Waals surface area contributed by atoms with E-state index in [2.05, 4.69) is 10.6 Å². The van der Waals surface area contributed by atoms with Crippen molar-refractivity contribution < 1.29 is 13.6 Å². The van der Waals surface area contributed by atoms with Crippen molar-refractivity contribution in [1.29, 1.82) is 0 Å². The molecule has 0 bridgehead atoms. The lowest BCUT2D eigenvalue weighted by atomic mass is 10.1. The molecule has 116 valence electrons. The highest BCUT2D eigenvalue weighted by Gasteiger charge is 2.15. The number of hydrogen-bond acceptors (Lipinski definition) is 2. The molecule has 2 aromatic carbocycles. The van der Waals surface area contributed by atoms with Gasteiger partial charge in [0.05, 0.1) is 5.69 Å². The lowest BCUT2D eigenvalue weighted by Gasteiger charge is -2.16. The summed E-state index contributed by atoms with van der Waals surface area (Å²) in [5.74, 6) is -1.88. The summed E-state index contributed by atoms with van der Waals surface area (Å²) < 4.78 is 26.4. The van der Waals surface area contributed by atoms with Crippen molar-refractivity contribution in [2.75, 3.05) is 10.6 Å². The monoisotopic (exact) mass is 304 g/mol. The Hall–Kier alpha value is -2.43. The molecule has 1 atom stereocenters. The predicted octanol–water partition coefficient (Wildman–Crippen LogP) is 3.97. The second-order valence-corrected chi connectivity index (χ2v) is 5.03. The number of rotatable bonds is 5. The Morgan fingerprint density at radius 3 is 2.64 bits per heavy atom. The SMILES string of the molecule is CCc1cccc(N[C@@H](C)C(=O)Nc2ccc(F)cc2F)c1. The molecule has 22 heavy (non-hydrogen) atoms. The molecule has 0 unspecified atom stereocenters. The molecule has 0 aliphatic heterocycles. The molecule has 3 nitrogen and oxygen atoms in total. The molecule has 0 saturated carbocycles. The van der Waals surface area contributed by atoms with Crippen LogP contribution in [0.4, 0.5) is 20.2 Å². The van der Waals surface area contributed by atoms with Gasteiger partial charge in [0.2, 0.25) is 5.91 Å². The smallest absolute Gasteiger partial charge is 0.246 e. The highest BCUT2D eigenvalue weighted by atomic mass is 19.1. The fourth-order valence-corrected chi connectivity index (χ4v) is 2.03. The number of amides is 1. The van der Waals surface area contributed by atoms with E-state index in [1.54, 1.807) is 6.92 Å². The highest BCUT2D eigenvalue weighted by Crippen LogP contribution is 2.16. The van der Waals surface area contributed by atoms with Crippen LogP contribution in [-0.4, -0.2) is 11.9 Å². The number of aryl methyl sites for hydroxylation is 1. The average molecular weight is 304 g/mol. The van der Waals surface area contributed by atoms with Crippen LogP contribution in [0.1, 0.15) is 19.4 Å². The fraction of sp³-hybridized carbons (Fsp3) is 0.235. The summed E-state index contributed by atoms with van der Waals surface area (Å²) in [5, 5.41) is 5.50. The van der Waals surface area contributed by atoms with Gasteiger partial charge in [0.15, 0.2) is 0 Å². The van der Waals surface area contributed by atoms with Gasteiger partial charge in [-0.05, 0) is 43.2 Å². The minimum absolute atomic E-state index is 0.0395. The second-order valence-electron chi connectivity index (χ2n) is 5.03. The van der Waals surface area contributed by atoms with Gasteiger partial charge in [-0.15, -0.1) is 0 Å². The normalized spacial score (nSPS) is 11.8. The minimum atomic E-state index is -0.798. The summed E-state index contributed by atoms with van der Waals surface area (Å²) in [6.45, 7) is 3.72. The zero-order valence-electron chi connectivity index (χ0n) is 12.5. The number of halogens is 2. The predicted molar refractivity (Wildman–Crippen MR) is 83.9 cm³/mol. The van der Waals surface area contributed by atoms with E-state index in [4.69, 9.17) is 0 Å². The van der Waals surface area contributed by atoms with Crippen LogP contribution >= 0.6 is 0 Å². The summed E-state index contributed by atoms with van der Waals surface area (Å²) >= 11 is 0. The van der Waals surface area contributed by atoms with Crippen LogP contribution in [0.2, 0.25) is 0 Å². The van der Waals surface area contributed by atoms with E-state index in [0.717, 1.165) is 29.8 Å². The van der Waals surface area contributed by atoms with Gasteiger partial charge < -0.3 is 10.6 Å². The van der Waals surface area contributed by atoms with Gasteiger partial charge in [-0.2, -0.15) is 0 Å². The van der Waals surface area contributed by atoms with Gasteiger partial charge in [-0.25, -0.2) is 8.78 Å². The molecule has 0 aliphatic carbocycles. The molecular weight excluding hydrogens is 286 g/mol. The molecular formula is C17H18F2N2O. The maximum Gasteiger partial charge on any atom is 0.246 e. The minimum Gasteiger partial charge on any atom is -0.374 e. The van der Waals surface area contributed by atoms with Crippen molar-refractivity contribution in [1.82, 2.24) is 0 Å². The first-order chi connectivity index (χ1) is 10.5. The lowest BCUT2D eigenvalue weighted by Crippen LogP contribution is -2.32. The summed E-state index contributed by atoms with van der Waals surface area (Å²) in [5.41, 5.74) is 1.94. The second kappa shape index (κ2) is 7.02. The van der Waals surface area contributed by atoms with E-state index in [9.17, 15) is 13.6 Å². The van der Waals surface area contributed by atoms with Gasteiger partial charge in [0, 0.05) is 11.8 Å². The van der Waals surface area contributed by atoms with Crippen LogP contribution < -0.4 is 10.6 Å². The summed E-state index contributed by atoms with van der Waals surface area (Å²) in [7, 11) is 0. The molecule has 0 saturated heterocycles. The van der Waals surface area contributed by atoms with Gasteiger partial charge >= 0.3 is 0 Å². The third kappa shape index (κ3) is 4.04. The van der Waals surface area contributed by atoms with Crippen molar-refractivity contribution >= 4 is 17.3 Å². The van der Waals surface area contributed by atoms with Crippen LogP contribution in [-0.2, 0) is 11.2 Å². The summed E-state index contributed by atoms with van der Waals surface area (Å²) in [6.07, 6.45) is 0.900. The van der Waals surface area contributed by atoms with Crippen molar-refractivity contribution in [3.05, 3.63) is 59.7 Å². The highest BCUT2D eigenvalue weighted by molar-refractivity contribution is 5.96. The van der Waals surface area contributed by atoms with Crippen molar-refractivity contribution in [2.24, 2.45) is 0 Å².